The average Bonchev–Trinajstić information content (AvgIpc) is 1.60. The Labute approximate surface area is 62.0 Å². The van der Waals surface area contributed by atoms with Crippen LogP contribution in [0, 0.1) is 5.92 Å². The molecule has 0 heterocycles. The minimum Gasteiger partial charge on any atom is -0.229 e. The average molecular weight is 163 g/mol. The molecule has 0 fully saturated rings. The summed E-state index contributed by atoms with van der Waals surface area (Å²) >= 11 is 0. The summed E-state index contributed by atoms with van der Waals surface area (Å²) in [7, 11) is -3.33. The molecule has 0 bridgehead atoms. The summed E-state index contributed by atoms with van der Waals surface area (Å²) in [5.74, 6) is -0.0579. The summed E-state index contributed by atoms with van der Waals surface area (Å²) < 4.78 is 21.0. The molecule has 0 aliphatic heterocycles. The zero-order valence-electron chi connectivity index (χ0n) is 6.29. The molecule has 1 atom stereocenters. The molecule has 0 saturated carbocycles. The lowest BCUT2D eigenvalue weighted by Crippen LogP contribution is -2.21. The molecule has 0 saturated heterocycles. The lowest BCUT2D eigenvalue weighted by molar-refractivity contribution is 0.587. The second-order valence-corrected chi connectivity index (χ2v) is 4.24. The summed E-state index contributed by atoms with van der Waals surface area (Å²) in [6.45, 7) is 7.19. The van der Waals surface area contributed by atoms with Gasteiger partial charge in [0.05, 0.1) is 5.75 Å². The van der Waals surface area contributed by atoms with E-state index in [1.807, 2.05) is 0 Å². The largest absolute Gasteiger partial charge is 0.229 e. The maximum Gasteiger partial charge on any atom is 0.209 e. The summed E-state index contributed by atoms with van der Waals surface area (Å²) in [6, 6.07) is 0. The van der Waals surface area contributed by atoms with Crippen LogP contribution in [0.25, 0.3) is 0 Å². The molecule has 0 amide bonds. The number of sulfonamides is 1. The SMILES string of the molecule is C=C(C)[C@H](C)CS(N)(=O)=O. The zero-order valence-corrected chi connectivity index (χ0v) is 7.11. The molecule has 0 aromatic heterocycles. The summed E-state index contributed by atoms with van der Waals surface area (Å²) in [6.07, 6.45) is 0. The van der Waals surface area contributed by atoms with Crippen molar-refractivity contribution in [3.63, 3.8) is 0 Å². The van der Waals surface area contributed by atoms with Gasteiger partial charge in [0.2, 0.25) is 10.0 Å². The van der Waals surface area contributed by atoms with Crippen LogP contribution in [0.15, 0.2) is 12.2 Å². The fraction of sp³-hybridized carbons (Fsp3) is 0.667. The minimum atomic E-state index is -3.33. The molecule has 0 spiro atoms. The van der Waals surface area contributed by atoms with Crippen molar-refractivity contribution in [2.75, 3.05) is 5.75 Å². The Hall–Kier alpha value is -0.350. The van der Waals surface area contributed by atoms with Crippen molar-refractivity contribution in [3.05, 3.63) is 12.2 Å². The van der Waals surface area contributed by atoms with Gasteiger partial charge in [-0.15, -0.1) is 0 Å². The van der Waals surface area contributed by atoms with Crippen LogP contribution in [-0.2, 0) is 10.0 Å². The van der Waals surface area contributed by atoms with E-state index in [1.165, 1.54) is 0 Å². The number of allylic oxidation sites excluding steroid dienone is 1. The maximum absolute atomic E-state index is 10.5. The van der Waals surface area contributed by atoms with Crippen LogP contribution in [-0.4, -0.2) is 14.2 Å². The van der Waals surface area contributed by atoms with Crippen LogP contribution in [0.3, 0.4) is 0 Å². The Bertz CT molecular complexity index is 218. The predicted molar refractivity (Wildman–Crippen MR) is 42.0 cm³/mol. The molecule has 0 rings (SSSR count). The van der Waals surface area contributed by atoms with Crippen molar-refractivity contribution in [1.82, 2.24) is 0 Å². The highest BCUT2D eigenvalue weighted by Gasteiger charge is 2.10. The Morgan fingerprint density at radius 2 is 2.10 bits per heavy atom. The topological polar surface area (TPSA) is 60.2 Å². The van der Waals surface area contributed by atoms with Crippen LogP contribution in [0.5, 0.6) is 0 Å². The number of hydrogen-bond acceptors (Lipinski definition) is 2. The molecule has 0 aliphatic carbocycles. The first-order chi connectivity index (χ1) is 4.33. The Kier molecular flexibility index (Phi) is 3.05. The summed E-state index contributed by atoms with van der Waals surface area (Å²) in [5, 5.41) is 4.81. The van der Waals surface area contributed by atoms with Crippen molar-refractivity contribution in [3.8, 4) is 0 Å². The van der Waals surface area contributed by atoms with Crippen LogP contribution in [0.4, 0.5) is 0 Å². The lowest BCUT2D eigenvalue weighted by atomic mass is 10.1. The molecule has 0 unspecified atom stereocenters. The van der Waals surface area contributed by atoms with Crippen LogP contribution in [0.2, 0.25) is 0 Å². The summed E-state index contributed by atoms with van der Waals surface area (Å²) in [5.41, 5.74) is 0.842. The monoisotopic (exact) mass is 163 g/mol. The molecule has 0 radical (unpaired) electrons. The van der Waals surface area contributed by atoms with E-state index in [1.54, 1.807) is 13.8 Å². The Balaban J connectivity index is 4.06. The van der Waals surface area contributed by atoms with Gasteiger partial charge in [0, 0.05) is 0 Å². The molecular formula is C6H13NO2S. The molecule has 4 heteroatoms. The summed E-state index contributed by atoms with van der Waals surface area (Å²) in [4.78, 5) is 0. The highest BCUT2D eigenvalue weighted by Crippen LogP contribution is 2.07. The third-order valence-corrected chi connectivity index (χ3v) is 2.29. The van der Waals surface area contributed by atoms with E-state index >= 15 is 0 Å². The van der Waals surface area contributed by atoms with Gasteiger partial charge >= 0.3 is 0 Å². The van der Waals surface area contributed by atoms with Crippen molar-refractivity contribution in [2.24, 2.45) is 11.1 Å². The van der Waals surface area contributed by atoms with Crippen molar-refractivity contribution >= 4 is 10.0 Å². The van der Waals surface area contributed by atoms with Gasteiger partial charge in [-0.1, -0.05) is 19.1 Å². The maximum atomic E-state index is 10.5. The Morgan fingerprint density at radius 1 is 1.70 bits per heavy atom. The number of nitrogens with two attached hydrogens (primary N) is 1. The smallest absolute Gasteiger partial charge is 0.209 e. The molecule has 3 nitrogen and oxygen atoms in total. The number of rotatable bonds is 3. The van der Waals surface area contributed by atoms with Gasteiger partial charge in [0.1, 0.15) is 0 Å². The molecular weight excluding hydrogens is 150 g/mol. The zero-order chi connectivity index (χ0) is 8.36. The van der Waals surface area contributed by atoms with E-state index < -0.39 is 10.0 Å². The van der Waals surface area contributed by atoms with E-state index in [9.17, 15) is 8.42 Å². The second kappa shape index (κ2) is 3.16. The van der Waals surface area contributed by atoms with Crippen LogP contribution in [0.1, 0.15) is 13.8 Å². The quantitative estimate of drug-likeness (QED) is 0.615. The molecule has 2 N–H and O–H groups in total. The van der Waals surface area contributed by atoms with E-state index in [0.29, 0.717) is 0 Å². The predicted octanol–water partition coefficient (Wildman–Crippen LogP) is 0.487. The normalized spacial score (nSPS) is 14.7. The minimum absolute atomic E-state index is 0.0116. The first kappa shape index (κ1) is 9.65. The van der Waals surface area contributed by atoms with Gasteiger partial charge in [0.15, 0.2) is 0 Å². The van der Waals surface area contributed by atoms with Gasteiger partial charge in [-0.3, -0.25) is 0 Å². The van der Waals surface area contributed by atoms with Gasteiger partial charge in [0.25, 0.3) is 0 Å². The van der Waals surface area contributed by atoms with Gasteiger partial charge in [-0.05, 0) is 12.8 Å². The molecule has 10 heavy (non-hydrogen) atoms. The number of hydrogen-bond donors (Lipinski definition) is 1. The standard InChI is InChI=1S/C6H13NO2S/c1-5(2)6(3)4-10(7,8)9/h6H,1,4H2,2-3H3,(H2,7,8,9)/t6-/m1/s1. The van der Waals surface area contributed by atoms with Gasteiger partial charge in [-0.25, -0.2) is 13.6 Å². The van der Waals surface area contributed by atoms with Gasteiger partial charge < -0.3 is 0 Å². The Morgan fingerprint density at radius 3 is 2.20 bits per heavy atom. The third kappa shape index (κ3) is 4.52. The first-order valence-electron chi connectivity index (χ1n) is 2.99. The van der Waals surface area contributed by atoms with E-state index in [-0.39, 0.29) is 11.7 Å². The van der Waals surface area contributed by atoms with Crippen molar-refractivity contribution in [2.45, 2.75) is 13.8 Å². The van der Waals surface area contributed by atoms with E-state index in [4.69, 9.17) is 5.14 Å². The van der Waals surface area contributed by atoms with Gasteiger partial charge in [-0.2, -0.15) is 0 Å². The number of primary sulfonamides is 1. The second-order valence-electron chi connectivity index (χ2n) is 2.58. The van der Waals surface area contributed by atoms with Crippen molar-refractivity contribution < 1.29 is 8.42 Å². The van der Waals surface area contributed by atoms with Crippen LogP contribution >= 0.6 is 0 Å². The lowest BCUT2D eigenvalue weighted by Gasteiger charge is -2.07. The van der Waals surface area contributed by atoms with Crippen LogP contribution < -0.4 is 5.14 Å². The van der Waals surface area contributed by atoms with Crippen molar-refractivity contribution in [1.29, 1.82) is 0 Å². The fourth-order valence-electron chi connectivity index (χ4n) is 0.491. The van der Waals surface area contributed by atoms with E-state index in [0.717, 1.165) is 5.57 Å². The molecule has 0 aliphatic rings. The van der Waals surface area contributed by atoms with E-state index in [2.05, 4.69) is 6.58 Å². The molecule has 0 aromatic rings. The highest BCUT2D eigenvalue weighted by atomic mass is 32.2. The molecule has 60 valence electrons. The fourth-order valence-corrected chi connectivity index (χ4v) is 1.47. The molecule has 0 aromatic carbocycles. The highest BCUT2D eigenvalue weighted by molar-refractivity contribution is 7.89. The third-order valence-electron chi connectivity index (χ3n) is 1.32. The first-order valence-corrected chi connectivity index (χ1v) is 4.70.